The van der Waals surface area contributed by atoms with Crippen molar-refractivity contribution in [1.82, 2.24) is 0 Å². The number of thiol groups is 1. The monoisotopic (exact) mass is 287 g/mol. The van der Waals surface area contributed by atoms with Crippen LogP contribution in [-0.4, -0.2) is 30.9 Å². The lowest BCUT2D eigenvalue weighted by atomic mass is 10.2. The summed E-state index contributed by atoms with van der Waals surface area (Å²) in [5.41, 5.74) is 0.836. The molecule has 0 aromatic heterocycles. The fraction of sp³-hybridized carbons (Fsp3) is 0.364. The molecule has 19 heavy (non-hydrogen) atoms. The summed E-state index contributed by atoms with van der Waals surface area (Å²) in [5.74, 6) is -0.545. The molecule has 0 atom stereocenters. The summed E-state index contributed by atoms with van der Waals surface area (Å²) in [7, 11) is 0. The minimum atomic E-state index is -0.924. The van der Waals surface area contributed by atoms with E-state index in [1.165, 1.54) is 0 Å². The van der Waals surface area contributed by atoms with Crippen LogP contribution in [0.3, 0.4) is 0 Å². The van der Waals surface area contributed by atoms with E-state index in [1.807, 2.05) is 0 Å². The van der Waals surface area contributed by atoms with Crippen LogP contribution in [0.15, 0.2) is 29.2 Å². The van der Waals surface area contributed by atoms with Crippen molar-refractivity contribution in [2.75, 3.05) is 19.8 Å². The lowest BCUT2D eigenvalue weighted by molar-refractivity contribution is -0.758. The number of hydrogen-bond donors (Lipinski definition) is 1. The number of benzene rings is 1. The summed E-state index contributed by atoms with van der Waals surface area (Å²) in [6, 6.07) is 7.16. The molecule has 1 rings (SSSR count). The standard InChI is InChI=1S/C11H13NO6S/c13-11(8-16-5-6-18-12(14)15)17-7-9-1-3-10(19)4-2-9/h1-4,19H,5-8H2. The second kappa shape index (κ2) is 8.33. The van der Waals surface area contributed by atoms with Crippen molar-refractivity contribution in [1.29, 1.82) is 0 Å². The number of rotatable bonds is 8. The molecule has 0 saturated heterocycles. The van der Waals surface area contributed by atoms with E-state index in [0.717, 1.165) is 10.5 Å². The molecule has 0 aliphatic carbocycles. The number of ether oxygens (including phenoxy) is 2. The molecular weight excluding hydrogens is 274 g/mol. The molecule has 0 aliphatic heterocycles. The van der Waals surface area contributed by atoms with Gasteiger partial charge in [0.1, 0.15) is 19.8 Å². The first-order valence-corrected chi connectivity index (χ1v) is 5.81. The van der Waals surface area contributed by atoms with E-state index in [9.17, 15) is 14.9 Å². The van der Waals surface area contributed by atoms with Crippen LogP contribution < -0.4 is 0 Å². The van der Waals surface area contributed by atoms with Crippen LogP contribution in [0.4, 0.5) is 0 Å². The molecule has 0 saturated carbocycles. The molecule has 0 amide bonds. The van der Waals surface area contributed by atoms with Crippen LogP contribution in [0.5, 0.6) is 0 Å². The minimum Gasteiger partial charge on any atom is -0.459 e. The third-order valence-corrected chi connectivity index (χ3v) is 2.28. The van der Waals surface area contributed by atoms with Crippen LogP contribution in [0, 0.1) is 10.1 Å². The average Bonchev–Trinajstić information content (AvgIpc) is 2.37. The SMILES string of the molecule is O=C(COCCO[N+](=O)[O-])OCc1ccc(S)cc1. The average molecular weight is 287 g/mol. The summed E-state index contributed by atoms with van der Waals surface area (Å²) in [6.45, 7) is -0.401. The lowest BCUT2D eigenvalue weighted by Crippen LogP contribution is -2.16. The molecule has 104 valence electrons. The number of carbonyl (C=O) groups is 1. The van der Waals surface area contributed by atoms with Gasteiger partial charge in [0.25, 0.3) is 5.09 Å². The van der Waals surface area contributed by atoms with Crippen LogP contribution in [0.1, 0.15) is 5.56 Å². The maximum absolute atomic E-state index is 11.2. The van der Waals surface area contributed by atoms with Crippen molar-refractivity contribution < 1.29 is 24.2 Å². The zero-order valence-electron chi connectivity index (χ0n) is 9.98. The van der Waals surface area contributed by atoms with E-state index in [-0.39, 0.29) is 26.4 Å². The van der Waals surface area contributed by atoms with Gasteiger partial charge in [-0.2, -0.15) is 0 Å². The molecule has 1 aromatic rings. The minimum absolute atomic E-state index is 0.0512. The summed E-state index contributed by atoms with van der Waals surface area (Å²) in [5, 5.41) is 8.89. The van der Waals surface area contributed by atoms with E-state index in [1.54, 1.807) is 24.3 Å². The second-order valence-electron chi connectivity index (χ2n) is 3.44. The highest BCUT2D eigenvalue weighted by Crippen LogP contribution is 2.08. The quantitative estimate of drug-likeness (QED) is 0.254. The highest BCUT2D eigenvalue weighted by atomic mass is 32.1. The van der Waals surface area contributed by atoms with Gasteiger partial charge in [0.15, 0.2) is 0 Å². The van der Waals surface area contributed by atoms with Crippen molar-refractivity contribution in [2.24, 2.45) is 0 Å². The van der Waals surface area contributed by atoms with Gasteiger partial charge in [0.05, 0.1) is 6.61 Å². The highest BCUT2D eigenvalue weighted by Gasteiger charge is 2.04. The third-order valence-electron chi connectivity index (χ3n) is 1.98. The van der Waals surface area contributed by atoms with Gasteiger partial charge in [-0.05, 0) is 17.7 Å². The Hall–Kier alpha value is -1.80. The smallest absolute Gasteiger partial charge is 0.332 e. The van der Waals surface area contributed by atoms with Gasteiger partial charge in [-0.1, -0.05) is 12.1 Å². The predicted molar refractivity (Wildman–Crippen MR) is 67.3 cm³/mol. The Labute approximate surface area is 115 Å². The molecule has 8 heteroatoms. The highest BCUT2D eigenvalue weighted by molar-refractivity contribution is 7.80. The number of esters is 1. The Kier molecular flexibility index (Phi) is 6.69. The van der Waals surface area contributed by atoms with Gasteiger partial charge >= 0.3 is 5.97 Å². The number of carbonyl (C=O) groups excluding carboxylic acids is 1. The first-order chi connectivity index (χ1) is 9.08. The van der Waals surface area contributed by atoms with Crippen LogP contribution in [0.25, 0.3) is 0 Å². The Morgan fingerprint density at radius 3 is 2.58 bits per heavy atom. The molecular formula is C11H13NO6S. The predicted octanol–water partition coefficient (Wildman–Crippen LogP) is 1.24. The first kappa shape index (κ1) is 15.3. The van der Waals surface area contributed by atoms with Crippen molar-refractivity contribution in [3.8, 4) is 0 Å². The van der Waals surface area contributed by atoms with E-state index < -0.39 is 11.1 Å². The van der Waals surface area contributed by atoms with Gasteiger partial charge < -0.3 is 14.3 Å². The maximum Gasteiger partial charge on any atom is 0.332 e. The second-order valence-corrected chi connectivity index (χ2v) is 3.95. The molecule has 0 heterocycles. The molecule has 0 fully saturated rings. The zero-order valence-corrected chi connectivity index (χ0v) is 10.9. The van der Waals surface area contributed by atoms with Gasteiger partial charge in [0.2, 0.25) is 0 Å². The van der Waals surface area contributed by atoms with E-state index in [4.69, 9.17) is 9.47 Å². The third kappa shape index (κ3) is 7.27. The fourth-order valence-electron chi connectivity index (χ4n) is 1.12. The molecule has 7 nitrogen and oxygen atoms in total. The van der Waals surface area contributed by atoms with Gasteiger partial charge in [-0.15, -0.1) is 22.7 Å². The van der Waals surface area contributed by atoms with Crippen molar-refractivity contribution in [3.63, 3.8) is 0 Å². The van der Waals surface area contributed by atoms with E-state index >= 15 is 0 Å². The molecule has 0 spiro atoms. The Bertz CT molecular complexity index is 422. The van der Waals surface area contributed by atoms with Gasteiger partial charge in [0, 0.05) is 4.90 Å². The topological polar surface area (TPSA) is 87.9 Å². The van der Waals surface area contributed by atoms with Crippen molar-refractivity contribution >= 4 is 18.6 Å². The summed E-state index contributed by atoms with van der Waals surface area (Å²) in [4.78, 5) is 25.9. The van der Waals surface area contributed by atoms with Crippen LogP contribution >= 0.6 is 12.6 Å². The molecule has 0 aliphatic rings. The summed E-state index contributed by atoms with van der Waals surface area (Å²) in [6.07, 6.45) is 0. The Morgan fingerprint density at radius 1 is 1.26 bits per heavy atom. The van der Waals surface area contributed by atoms with E-state index in [0.29, 0.717) is 0 Å². The fourth-order valence-corrected chi connectivity index (χ4v) is 1.27. The first-order valence-electron chi connectivity index (χ1n) is 5.36. The largest absolute Gasteiger partial charge is 0.459 e. The summed E-state index contributed by atoms with van der Waals surface area (Å²) >= 11 is 4.13. The van der Waals surface area contributed by atoms with Gasteiger partial charge in [-0.25, -0.2) is 4.79 Å². The maximum atomic E-state index is 11.2. The summed E-state index contributed by atoms with van der Waals surface area (Å²) < 4.78 is 9.77. The molecule has 1 aromatic carbocycles. The Balaban J connectivity index is 2.11. The Morgan fingerprint density at radius 2 is 1.95 bits per heavy atom. The molecule has 0 radical (unpaired) electrons. The zero-order chi connectivity index (χ0) is 14.1. The van der Waals surface area contributed by atoms with Crippen molar-refractivity contribution in [3.05, 3.63) is 39.9 Å². The van der Waals surface area contributed by atoms with Crippen molar-refractivity contribution in [2.45, 2.75) is 11.5 Å². The normalized spacial score (nSPS) is 9.95. The molecule has 0 N–H and O–H groups in total. The molecule has 0 bridgehead atoms. The molecule has 0 unspecified atom stereocenters. The van der Waals surface area contributed by atoms with Gasteiger partial charge in [-0.3, -0.25) is 0 Å². The lowest BCUT2D eigenvalue weighted by Gasteiger charge is -2.06. The van der Waals surface area contributed by atoms with Crippen LogP contribution in [0.2, 0.25) is 0 Å². The van der Waals surface area contributed by atoms with Crippen LogP contribution in [-0.2, 0) is 25.7 Å². The number of nitrogens with zero attached hydrogens (tertiary/aromatic N) is 1. The number of hydrogen-bond acceptors (Lipinski definition) is 7. The van der Waals surface area contributed by atoms with E-state index in [2.05, 4.69) is 17.5 Å².